The molecule has 4 rings (SSSR count). The van der Waals surface area contributed by atoms with Gasteiger partial charge in [0.1, 0.15) is 5.54 Å². The number of hydrogen-bond acceptors (Lipinski definition) is 6. The Bertz CT molecular complexity index is 1000. The highest BCUT2D eigenvalue weighted by Gasteiger charge is 2.35. The first-order valence-corrected chi connectivity index (χ1v) is 12.9. The van der Waals surface area contributed by atoms with E-state index < -0.39 is 5.54 Å². The Hall–Kier alpha value is -1.85. The standard InChI is InChI=1S/C23H31N5OS2/c1-22(2,3)16-7-8-17-15(11-16)12-18(31-17)20-26-27-21(28(20)4)30-13-19(29)25-23(14-24)9-5-6-10-23/h12,16H,5-11,13H2,1-4H3,(H,25,29). The van der Waals surface area contributed by atoms with Crippen molar-refractivity contribution in [3.05, 3.63) is 16.5 Å². The van der Waals surface area contributed by atoms with Crippen LogP contribution in [0.1, 0.15) is 63.3 Å². The number of rotatable bonds is 5. The lowest BCUT2D eigenvalue weighted by atomic mass is 9.72. The van der Waals surface area contributed by atoms with Crippen molar-refractivity contribution >= 4 is 29.0 Å². The summed E-state index contributed by atoms with van der Waals surface area (Å²) in [6.07, 6.45) is 7.00. The Morgan fingerprint density at radius 1 is 1.39 bits per heavy atom. The summed E-state index contributed by atoms with van der Waals surface area (Å²) < 4.78 is 1.98. The summed E-state index contributed by atoms with van der Waals surface area (Å²) in [7, 11) is 1.96. The van der Waals surface area contributed by atoms with E-state index in [4.69, 9.17) is 0 Å². The normalized spacial score (nSPS) is 20.3. The molecule has 31 heavy (non-hydrogen) atoms. The second kappa shape index (κ2) is 8.59. The van der Waals surface area contributed by atoms with Crippen LogP contribution in [0.3, 0.4) is 0 Å². The first-order valence-electron chi connectivity index (χ1n) is 11.1. The fourth-order valence-electron chi connectivity index (χ4n) is 4.70. The smallest absolute Gasteiger partial charge is 0.231 e. The third-order valence-electron chi connectivity index (χ3n) is 6.75. The molecule has 8 heteroatoms. The molecular weight excluding hydrogens is 426 g/mol. The van der Waals surface area contributed by atoms with Crippen LogP contribution < -0.4 is 5.32 Å². The van der Waals surface area contributed by atoms with Crippen molar-refractivity contribution in [2.24, 2.45) is 18.4 Å². The number of thiophene rings is 1. The van der Waals surface area contributed by atoms with Gasteiger partial charge < -0.3 is 9.88 Å². The molecule has 0 bridgehead atoms. The molecule has 6 nitrogen and oxygen atoms in total. The molecule has 1 unspecified atom stereocenters. The van der Waals surface area contributed by atoms with Crippen LogP contribution in [-0.4, -0.2) is 32.0 Å². The molecule has 2 aliphatic carbocycles. The molecular formula is C23H31N5OS2. The van der Waals surface area contributed by atoms with Crippen LogP contribution in [0.4, 0.5) is 0 Å². The quantitative estimate of drug-likeness (QED) is 0.656. The minimum Gasteiger partial charge on any atom is -0.337 e. The molecule has 1 saturated carbocycles. The zero-order valence-electron chi connectivity index (χ0n) is 18.8. The minimum absolute atomic E-state index is 0.113. The number of nitriles is 1. The van der Waals surface area contributed by atoms with Crippen LogP contribution in [0.25, 0.3) is 10.7 Å². The Morgan fingerprint density at radius 3 is 2.81 bits per heavy atom. The van der Waals surface area contributed by atoms with E-state index >= 15 is 0 Å². The van der Waals surface area contributed by atoms with Gasteiger partial charge in [0, 0.05) is 11.9 Å². The monoisotopic (exact) mass is 457 g/mol. The summed E-state index contributed by atoms with van der Waals surface area (Å²) in [6.45, 7) is 7.01. The summed E-state index contributed by atoms with van der Waals surface area (Å²) in [5.74, 6) is 1.70. The predicted octanol–water partition coefficient (Wildman–Crippen LogP) is 4.74. The summed E-state index contributed by atoms with van der Waals surface area (Å²) in [5, 5.41) is 21.9. The van der Waals surface area contributed by atoms with Gasteiger partial charge in [0.05, 0.1) is 16.7 Å². The first-order chi connectivity index (χ1) is 14.7. The molecule has 2 heterocycles. The van der Waals surface area contributed by atoms with E-state index in [0.29, 0.717) is 11.3 Å². The second-order valence-electron chi connectivity index (χ2n) is 9.97. The van der Waals surface area contributed by atoms with Gasteiger partial charge in [-0.25, -0.2) is 0 Å². The van der Waals surface area contributed by atoms with Crippen molar-refractivity contribution < 1.29 is 4.79 Å². The fourth-order valence-corrected chi connectivity index (χ4v) is 6.64. The molecule has 0 radical (unpaired) electrons. The van der Waals surface area contributed by atoms with E-state index in [1.165, 1.54) is 28.6 Å². The van der Waals surface area contributed by atoms with E-state index in [2.05, 4.69) is 48.4 Å². The number of amides is 1. The third-order valence-corrected chi connectivity index (χ3v) is 9.00. The van der Waals surface area contributed by atoms with Gasteiger partial charge in [-0.1, -0.05) is 32.5 Å². The number of nitrogens with zero attached hydrogens (tertiary/aromatic N) is 4. The van der Waals surface area contributed by atoms with Gasteiger partial charge in [0.15, 0.2) is 11.0 Å². The maximum Gasteiger partial charge on any atom is 0.231 e. The average molecular weight is 458 g/mol. The molecule has 166 valence electrons. The van der Waals surface area contributed by atoms with Crippen molar-refractivity contribution in [3.8, 4) is 16.8 Å². The van der Waals surface area contributed by atoms with Gasteiger partial charge in [-0.05, 0) is 67.9 Å². The number of aryl methyl sites for hydroxylation is 1. The van der Waals surface area contributed by atoms with Crippen LogP contribution in [0.2, 0.25) is 0 Å². The van der Waals surface area contributed by atoms with Crippen molar-refractivity contribution in [1.29, 1.82) is 5.26 Å². The number of carbonyl (C=O) groups excluding carboxylic acids is 1. The largest absolute Gasteiger partial charge is 0.337 e. The molecule has 0 saturated heterocycles. The minimum atomic E-state index is -0.677. The lowest BCUT2D eigenvalue weighted by Crippen LogP contribution is -2.45. The number of carbonyl (C=O) groups is 1. The van der Waals surface area contributed by atoms with Gasteiger partial charge in [0.2, 0.25) is 5.91 Å². The van der Waals surface area contributed by atoms with E-state index in [9.17, 15) is 10.1 Å². The molecule has 1 N–H and O–H groups in total. The number of thioether (sulfide) groups is 1. The van der Waals surface area contributed by atoms with Crippen LogP contribution in [0.5, 0.6) is 0 Å². The maximum atomic E-state index is 12.4. The number of fused-ring (bicyclic) bond motifs is 1. The maximum absolute atomic E-state index is 12.4. The number of hydrogen-bond donors (Lipinski definition) is 1. The van der Waals surface area contributed by atoms with Crippen molar-refractivity contribution in [3.63, 3.8) is 0 Å². The Labute approximate surface area is 192 Å². The molecule has 0 aliphatic heterocycles. The summed E-state index contributed by atoms with van der Waals surface area (Å²) in [6, 6.07) is 4.60. The van der Waals surface area contributed by atoms with Crippen molar-refractivity contribution in [2.45, 2.75) is 76.4 Å². The average Bonchev–Trinajstić information content (AvgIpc) is 3.43. The van der Waals surface area contributed by atoms with Crippen LogP contribution in [0.15, 0.2) is 11.2 Å². The Kier molecular flexibility index (Phi) is 6.19. The van der Waals surface area contributed by atoms with Gasteiger partial charge >= 0.3 is 0 Å². The summed E-state index contributed by atoms with van der Waals surface area (Å²) in [5.41, 5.74) is 1.11. The first kappa shape index (κ1) is 22.3. The highest BCUT2D eigenvalue weighted by atomic mass is 32.2. The van der Waals surface area contributed by atoms with Crippen LogP contribution >= 0.6 is 23.1 Å². The number of aromatic nitrogens is 3. The van der Waals surface area contributed by atoms with Gasteiger partial charge in [0.25, 0.3) is 0 Å². The van der Waals surface area contributed by atoms with E-state index in [-0.39, 0.29) is 11.7 Å². The zero-order valence-corrected chi connectivity index (χ0v) is 20.5. The summed E-state index contributed by atoms with van der Waals surface area (Å²) >= 11 is 3.20. The lowest BCUT2D eigenvalue weighted by Gasteiger charge is -2.33. The highest BCUT2D eigenvalue weighted by molar-refractivity contribution is 7.99. The molecule has 0 aromatic carbocycles. The van der Waals surface area contributed by atoms with Crippen LogP contribution in [0, 0.1) is 22.7 Å². The van der Waals surface area contributed by atoms with E-state index in [0.717, 1.165) is 54.4 Å². The molecule has 0 spiro atoms. The molecule has 1 amide bonds. The Balaban J connectivity index is 1.42. The fraction of sp³-hybridized carbons (Fsp3) is 0.652. The zero-order chi connectivity index (χ0) is 22.2. The molecule has 1 fully saturated rings. The molecule has 2 aromatic heterocycles. The second-order valence-corrected chi connectivity index (χ2v) is 12.0. The number of nitrogens with one attached hydrogen (secondary N) is 1. The van der Waals surface area contributed by atoms with Gasteiger partial charge in [-0.2, -0.15) is 5.26 Å². The SMILES string of the molecule is Cn1c(SCC(=O)NC2(C#N)CCCC2)nnc1-c1cc2c(s1)CCC(C(C)(C)C)C2. The third kappa shape index (κ3) is 4.68. The van der Waals surface area contributed by atoms with E-state index in [1.807, 2.05) is 23.0 Å². The summed E-state index contributed by atoms with van der Waals surface area (Å²) in [4.78, 5) is 15.1. The highest BCUT2D eigenvalue weighted by Crippen LogP contribution is 2.42. The van der Waals surface area contributed by atoms with Crippen LogP contribution in [-0.2, 0) is 24.7 Å². The van der Waals surface area contributed by atoms with Gasteiger partial charge in [-0.15, -0.1) is 21.5 Å². The predicted molar refractivity (Wildman–Crippen MR) is 125 cm³/mol. The Morgan fingerprint density at radius 2 is 2.13 bits per heavy atom. The van der Waals surface area contributed by atoms with Crippen molar-refractivity contribution in [1.82, 2.24) is 20.1 Å². The molecule has 1 atom stereocenters. The van der Waals surface area contributed by atoms with Crippen molar-refractivity contribution in [2.75, 3.05) is 5.75 Å². The van der Waals surface area contributed by atoms with Gasteiger partial charge in [-0.3, -0.25) is 4.79 Å². The molecule has 2 aliphatic rings. The molecule has 2 aromatic rings. The lowest BCUT2D eigenvalue weighted by molar-refractivity contribution is -0.119. The van der Waals surface area contributed by atoms with E-state index in [1.54, 1.807) is 0 Å². The topological polar surface area (TPSA) is 83.6 Å².